The number of carbonyl (C=O) groups excluding carboxylic acids is 1. The fourth-order valence-electron chi connectivity index (χ4n) is 1.54. The van der Waals surface area contributed by atoms with Gasteiger partial charge in [-0.05, 0) is 11.6 Å². The molecule has 3 N–H and O–H groups in total. The number of thiophene rings is 1. The van der Waals surface area contributed by atoms with Crippen LogP contribution >= 0.6 is 11.3 Å². The minimum atomic E-state index is -1.67. The van der Waals surface area contributed by atoms with E-state index >= 15 is 0 Å². The topological polar surface area (TPSA) is 104 Å². The van der Waals surface area contributed by atoms with Crippen LogP contribution in [-0.2, 0) is 9.59 Å². The number of carboxylic acid groups (broad SMARTS) is 2. The van der Waals surface area contributed by atoms with Gasteiger partial charge in [-0.15, -0.1) is 11.3 Å². The molecule has 6 nitrogen and oxygen atoms in total. The van der Waals surface area contributed by atoms with Gasteiger partial charge in [0.05, 0.1) is 5.56 Å². The molecule has 1 amide bonds. The molecule has 102 valence electrons. The fraction of sp³-hybridized carbons (Fsp3) is 0. The summed E-state index contributed by atoms with van der Waals surface area (Å²) in [6.45, 7) is 0. The molecule has 0 bridgehead atoms. The highest BCUT2D eigenvalue weighted by atomic mass is 32.1. The molecule has 7 heteroatoms. The van der Waals surface area contributed by atoms with Gasteiger partial charge >= 0.3 is 17.8 Å². The first-order valence-corrected chi connectivity index (χ1v) is 6.27. The molecule has 1 heterocycles. The molecular formula is C13H9NO5S. The number of aliphatic carboxylic acids is 1. The van der Waals surface area contributed by atoms with Gasteiger partial charge in [0, 0.05) is 4.88 Å². The Balaban J connectivity index is 2.41. The van der Waals surface area contributed by atoms with E-state index in [-0.39, 0.29) is 10.6 Å². The summed E-state index contributed by atoms with van der Waals surface area (Å²) in [5.41, 5.74) is 0.652. The van der Waals surface area contributed by atoms with Gasteiger partial charge in [0.1, 0.15) is 5.00 Å². The Hall–Kier alpha value is -2.67. The van der Waals surface area contributed by atoms with Crippen molar-refractivity contribution in [2.24, 2.45) is 0 Å². The number of aromatic carboxylic acids is 1. The third-order valence-corrected chi connectivity index (χ3v) is 3.54. The average Bonchev–Trinajstić information content (AvgIpc) is 2.83. The van der Waals surface area contributed by atoms with Crippen LogP contribution in [-0.4, -0.2) is 28.1 Å². The van der Waals surface area contributed by atoms with Gasteiger partial charge in [-0.2, -0.15) is 0 Å². The van der Waals surface area contributed by atoms with Gasteiger partial charge in [-0.1, -0.05) is 30.3 Å². The zero-order valence-electron chi connectivity index (χ0n) is 9.99. The van der Waals surface area contributed by atoms with E-state index in [4.69, 9.17) is 10.2 Å². The van der Waals surface area contributed by atoms with Gasteiger partial charge < -0.3 is 15.5 Å². The van der Waals surface area contributed by atoms with Crippen LogP contribution in [0, 0.1) is 0 Å². The van der Waals surface area contributed by atoms with Crippen molar-refractivity contribution in [3.8, 4) is 10.4 Å². The zero-order chi connectivity index (χ0) is 14.7. The number of hydrogen-bond donors (Lipinski definition) is 3. The van der Waals surface area contributed by atoms with Gasteiger partial charge in [-0.25, -0.2) is 9.59 Å². The van der Waals surface area contributed by atoms with E-state index in [1.165, 1.54) is 6.07 Å². The summed E-state index contributed by atoms with van der Waals surface area (Å²) < 4.78 is 0. The lowest BCUT2D eigenvalue weighted by atomic mass is 10.1. The molecule has 0 radical (unpaired) electrons. The number of rotatable bonds is 3. The first-order chi connectivity index (χ1) is 9.49. The summed E-state index contributed by atoms with van der Waals surface area (Å²) in [5, 5.41) is 19.7. The lowest BCUT2D eigenvalue weighted by Crippen LogP contribution is -2.22. The standard InChI is InChI=1S/C13H9NO5S/c15-10(13(18)19)14-11-8(12(16)17)6-9(20-11)7-4-2-1-3-5-7/h1-6H,(H,14,15)(H,16,17)(H,18,19). The third kappa shape index (κ3) is 2.83. The average molecular weight is 291 g/mol. The molecule has 0 aliphatic carbocycles. The summed E-state index contributed by atoms with van der Waals surface area (Å²) >= 11 is 1.01. The molecule has 1 aromatic carbocycles. The number of anilines is 1. The molecule has 0 fully saturated rings. The minimum absolute atomic E-state index is 0.00348. The number of hydrogen-bond acceptors (Lipinski definition) is 4. The Morgan fingerprint density at radius 1 is 1.05 bits per heavy atom. The lowest BCUT2D eigenvalue weighted by Gasteiger charge is -1.99. The van der Waals surface area contributed by atoms with Gasteiger partial charge in [0.25, 0.3) is 0 Å². The van der Waals surface area contributed by atoms with Crippen molar-refractivity contribution in [2.45, 2.75) is 0 Å². The highest BCUT2D eigenvalue weighted by molar-refractivity contribution is 7.20. The molecule has 20 heavy (non-hydrogen) atoms. The van der Waals surface area contributed by atoms with E-state index in [0.29, 0.717) is 4.88 Å². The van der Waals surface area contributed by atoms with Crippen LogP contribution in [0.15, 0.2) is 36.4 Å². The lowest BCUT2D eigenvalue weighted by molar-refractivity contribution is -0.147. The minimum Gasteiger partial charge on any atom is -0.478 e. The summed E-state index contributed by atoms with van der Waals surface area (Å²) in [5.74, 6) is -4.17. The Morgan fingerprint density at radius 3 is 2.25 bits per heavy atom. The van der Waals surface area contributed by atoms with E-state index in [0.717, 1.165) is 16.9 Å². The Morgan fingerprint density at radius 2 is 1.70 bits per heavy atom. The molecular weight excluding hydrogens is 282 g/mol. The van der Waals surface area contributed by atoms with Crippen LogP contribution < -0.4 is 5.32 Å². The largest absolute Gasteiger partial charge is 0.478 e. The van der Waals surface area contributed by atoms with E-state index in [9.17, 15) is 14.4 Å². The quantitative estimate of drug-likeness (QED) is 0.752. The normalized spacial score (nSPS) is 10.0. The molecule has 1 aromatic heterocycles. The molecule has 0 spiro atoms. The predicted octanol–water partition coefficient (Wildman–Crippen LogP) is 2.14. The molecule has 2 rings (SSSR count). The Labute approximate surface area is 117 Å². The second-order valence-electron chi connectivity index (χ2n) is 3.78. The number of carboxylic acids is 2. The van der Waals surface area contributed by atoms with Crippen LogP contribution in [0.5, 0.6) is 0 Å². The van der Waals surface area contributed by atoms with Crippen LogP contribution in [0.3, 0.4) is 0 Å². The van der Waals surface area contributed by atoms with Gasteiger partial charge in [-0.3, -0.25) is 4.79 Å². The first kappa shape index (κ1) is 13.8. The van der Waals surface area contributed by atoms with E-state index in [1.54, 1.807) is 24.3 Å². The number of nitrogens with one attached hydrogen (secondary N) is 1. The maximum absolute atomic E-state index is 11.1. The van der Waals surface area contributed by atoms with Crippen LogP contribution in [0.1, 0.15) is 10.4 Å². The molecule has 0 aliphatic rings. The third-order valence-electron chi connectivity index (χ3n) is 2.44. The van der Waals surface area contributed by atoms with Gasteiger partial charge in [0.15, 0.2) is 0 Å². The first-order valence-electron chi connectivity index (χ1n) is 5.46. The maximum atomic E-state index is 11.1. The van der Waals surface area contributed by atoms with Crippen LogP contribution in [0.4, 0.5) is 5.00 Å². The Bertz CT molecular complexity index is 677. The van der Waals surface area contributed by atoms with Crippen molar-refractivity contribution in [2.75, 3.05) is 5.32 Å². The second kappa shape index (κ2) is 5.54. The van der Waals surface area contributed by atoms with Crippen molar-refractivity contribution >= 4 is 34.2 Å². The van der Waals surface area contributed by atoms with Gasteiger partial charge in [0.2, 0.25) is 0 Å². The molecule has 0 saturated carbocycles. The van der Waals surface area contributed by atoms with E-state index in [1.807, 2.05) is 6.07 Å². The molecule has 0 saturated heterocycles. The SMILES string of the molecule is O=C(O)C(=O)Nc1sc(-c2ccccc2)cc1C(=O)O. The van der Waals surface area contributed by atoms with Crippen LogP contribution in [0.2, 0.25) is 0 Å². The van der Waals surface area contributed by atoms with Crippen molar-refractivity contribution in [3.05, 3.63) is 42.0 Å². The van der Waals surface area contributed by atoms with E-state index < -0.39 is 17.8 Å². The zero-order valence-corrected chi connectivity index (χ0v) is 10.8. The van der Waals surface area contributed by atoms with Crippen molar-refractivity contribution in [1.82, 2.24) is 0 Å². The number of amides is 1. The van der Waals surface area contributed by atoms with Crippen LogP contribution in [0.25, 0.3) is 10.4 Å². The molecule has 0 unspecified atom stereocenters. The summed E-state index contributed by atoms with van der Waals surface area (Å²) in [7, 11) is 0. The smallest absolute Gasteiger partial charge is 0.394 e. The van der Waals surface area contributed by atoms with E-state index in [2.05, 4.69) is 5.32 Å². The van der Waals surface area contributed by atoms with Crippen molar-refractivity contribution in [3.63, 3.8) is 0 Å². The highest BCUT2D eigenvalue weighted by Crippen LogP contribution is 2.35. The summed E-state index contributed by atoms with van der Waals surface area (Å²) in [6.07, 6.45) is 0. The Kier molecular flexibility index (Phi) is 3.81. The highest BCUT2D eigenvalue weighted by Gasteiger charge is 2.20. The monoisotopic (exact) mass is 291 g/mol. The maximum Gasteiger partial charge on any atom is 0.394 e. The fourth-order valence-corrected chi connectivity index (χ4v) is 2.59. The molecule has 2 aromatic rings. The second-order valence-corrected chi connectivity index (χ2v) is 4.84. The molecule has 0 aliphatic heterocycles. The molecule has 0 atom stereocenters. The van der Waals surface area contributed by atoms with Crippen molar-refractivity contribution < 1.29 is 24.6 Å². The predicted molar refractivity (Wildman–Crippen MR) is 73.0 cm³/mol. The summed E-state index contributed by atoms with van der Waals surface area (Å²) in [4.78, 5) is 33.4. The number of carbonyl (C=O) groups is 3. The van der Waals surface area contributed by atoms with Crippen molar-refractivity contribution in [1.29, 1.82) is 0 Å². The number of benzene rings is 1. The summed E-state index contributed by atoms with van der Waals surface area (Å²) in [6, 6.07) is 10.4.